The van der Waals surface area contributed by atoms with Gasteiger partial charge in [0, 0.05) is 56.0 Å². The number of carbonyl (C=O) groups is 1. The van der Waals surface area contributed by atoms with Crippen LogP contribution in [0.5, 0.6) is 0 Å². The third-order valence-electron chi connectivity index (χ3n) is 5.13. The van der Waals surface area contributed by atoms with Crippen molar-refractivity contribution in [3.63, 3.8) is 0 Å². The van der Waals surface area contributed by atoms with Gasteiger partial charge in [0.25, 0.3) is 5.91 Å². The fraction of sp³-hybridized carbons (Fsp3) is 0.391. The average molecular weight is 443 g/mol. The van der Waals surface area contributed by atoms with Crippen molar-refractivity contribution >= 4 is 47.3 Å². The van der Waals surface area contributed by atoms with Crippen LogP contribution in [0.2, 0.25) is 0 Å². The molecule has 0 atom stereocenters. The van der Waals surface area contributed by atoms with Crippen molar-refractivity contribution in [3.8, 4) is 0 Å². The Morgan fingerprint density at radius 3 is 2.33 bits per heavy atom. The summed E-state index contributed by atoms with van der Waals surface area (Å²) in [6.07, 6.45) is 1.66. The quantitative estimate of drug-likeness (QED) is 0.427. The Bertz CT molecular complexity index is 941. The highest BCUT2D eigenvalue weighted by Gasteiger charge is 2.38. The largest absolute Gasteiger partial charge is 0.378 e. The molecule has 5 nitrogen and oxygen atoms in total. The topological polar surface area (TPSA) is 39.1 Å². The highest BCUT2D eigenvalue weighted by Crippen LogP contribution is 2.36. The predicted octanol–water partition coefficient (Wildman–Crippen LogP) is 4.91. The number of aliphatic imine (C=N–C) groups is 1. The molecule has 1 aliphatic heterocycles. The Balaban J connectivity index is 1.79. The van der Waals surface area contributed by atoms with E-state index in [1.807, 2.05) is 29.9 Å². The maximum Gasteiger partial charge on any atom is 0.273 e. The lowest BCUT2D eigenvalue weighted by Gasteiger charge is -2.28. The van der Waals surface area contributed by atoms with Crippen molar-refractivity contribution in [3.05, 3.63) is 53.6 Å². The molecular weight excluding hydrogens is 412 g/mol. The number of hydrogen-bond donors (Lipinski definition) is 0. The fourth-order valence-electron chi connectivity index (χ4n) is 3.16. The van der Waals surface area contributed by atoms with E-state index in [0.29, 0.717) is 0 Å². The molecular formula is C23H30N4OS2. The molecule has 0 spiro atoms. The molecule has 0 bridgehead atoms. The van der Waals surface area contributed by atoms with Gasteiger partial charge in [-0.25, -0.2) is 4.99 Å². The third-order valence-corrected chi connectivity index (χ3v) is 7.56. The minimum Gasteiger partial charge on any atom is -0.378 e. The maximum atomic E-state index is 12.0. The smallest absolute Gasteiger partial charge is 0.273 e. The summed E-state index contributed by atoms with van der Waals surface area (Å²) in [4.78, 5) is 21.5. The van der Waals surface area contributed by atoms with Crippen molar-refractivity contribution in [2.45, 2.75) is 35.8 Å². The number of para-hydroxylation sites is 1. The minimum absolute atomic E-state index is 0.0908. The maximum absolute atomic E-state index is 12.0. The van der Waals surface area contributed by atoms with Crippen molar-refractivity contribution in [1.82, 2.24) is 4.31 Å². The molecule has 2 aromatic rings. The summed E-state index contributed by atoms with van der Waals surface area (Å²) in [5.41, 5.74) is 4.42. The SMILES string of the molecule is CN(C)c1ccc(SCc2ccccc2N(C)C)c(CSN2C=NC(=O)C2(C)C)c1. The molecule has 7 heteroatoms. The molecule has 0 fully saturated rings. The van der Waals surface area contributed by atoms with E-state index in [9.17, 15) is 4.79 Å². The number of hydrogen-bond acceptors (Lipinski definition) is 6. The summed E-state index contributed by atoms with van der Waals surface area (Å²) in [6.45, 7) is 3.83. The van der Waals surface area contributed by atoms with Gasteiger partial charge in [-0.2, -0.15) is 0 Å². The molecule has 0 radical (unpaired) electrons. The molecule has 1 aliphatic rings. The van der Waals surface area contributed by atoms with Crippen LogP contribution >= 0.6 is 23.7 Å². The van der Waals surface area contributed by atoms with E-state index in [-0.39, 0.29) is 5.91 Å². The van der Waals surface area contributed by atoms with E-state index >= 15 is 0 Å². The first-order valence-electron chi connectivity index (χ1n) is 9.89. The van der Waals surface area contributed by atoms with Crippen LogP contribution in [0.15, 0.2) is 52.4 Å². The first-order valence-corrected chi connectivity index (χ1v) is 11.8. The molecule has 2 aromatic carbocycles. The number of amides is 1. The molecule has 0 saturated carbocycles. The van der Waals surface area contributed by atoms with Crippen molar-refractivity contribution < 1.29 is 4.79 Å². The highest BCUT2D eigenvalue weighted by molar-refractivity contribution is 7.99. The van der Waals surface area contributed by atoms with Gasteiger partial charge in [0.05, 0.1) is 0 Å². The zero-order valence-electron chi connectivity index (χ0n) is 18.5. The van der Waals surface area contributed by atoms with Gasteiger partial charge >= 0.3 is 0 Å². The molecule has 160 valence electrons. The second-order valence-corrected chi connectivity index (χ2v) is 10.2. The average Bonchev–Trinajstić information content (AvgIpc) is 2.97. The molecule has 0 aliphatic carbocycles. The van der Waals surface area contributed by atoms with Crippen LogP contribution in [0.25, 0.3) is 0 Å². The Kier molecular flexibility index (Phi) is 7.03. The number of rotatable bonds is 8. The number of thioether (sulfide) groups is 1. The predicted molar refractivity (Wildman–Crippen MR) is 132 cm³/mol. The van der Waals surface area contributed by atoms with Crippen LogP contribution in [-0.2, 0) is 16.3 Å². The normalized spacial score (nSPS) is 15.0. The van der Waals surface area contributed by atoms with Crippen LogP contribution in [0.1, 0.15) is 25.0 Å². The first-order chi connectivity index (χ1) is 14.2. The van der Waals surface area contributed by atoms with Gasteiger partial charge in [0.15, 0.2) is 0 Å². The standard InChI is InChI=1S/C23H30N4OS2/c1-23(2)22(28)24-16-27(23)30-15-18-13-19(25(3)4)11-12-21(18)29-14-17-9-7-8-10-20(17)26(5)6/h7-13,16H,14-15H2,1-6H3. The van der Waals surface area contributed by atoms with E-state index < -0.39 is 5.54 Å². The van der Waals surface area contributed by atoms with Crippen LogP contribution in [0, 0.1) is 0 Å². The highest BCUT2D eigenvalue weighted by atomic mass is 32.2. The molecule has 30 heavy (non-hydrogen) atoms. The zero-order valence-corrected chi connectivity index (χ0v) is 20.2. The van der Waals surface area contributed by atoms with Gasteiger partial charge in [-0.05, 0) is 61.2 Å². The lowest BCUT2D eigenvalue weighted by molar-refractivity contribution is -0.122. The molecule has 0 saturated heterocycles. The van der Waals surface area contributed by atoms with Gasteiger partial charge in [-0.1, -0.05) is 18.2 Å². The van der Waals surface area contributed by atoms with E-state index in [2.05, 4.69) is 85.4 Å². The van der Waals surface area contributed by atoms with Crippen molar-refractivity contribution in [2.24, 2.45) is 4.99 Å². The lowest BCUT2D eigenvalue weighted by Crippen LogP contribution is -2.39. The number of carbonyl (C=O) groups excluding carboxylic acids is 1. The van der Waals surface area contributed by atoms with Gasteiger partial charge in [-0.15, -0.1) is 11.8 Å². The Morgan fingerprint density at radius 1 is 0.967 bits per heavy atom. The lowest BCUT2D eigenvalue weighted by atomic mass is 10.1. The molecule has 3 rings (SSSR count). The molecule has 0 unspecified atom stereocenters. The zero-order chi connectivity index (χ0) is 21.9. The first kappa shape index (κ1) is 22.6. The molecule has 1 amide bonds. The van der Waals surface area contributed by atoms with E-state index in [1.54, 1.807) is 18.3 Å². The van der Waals surface area contributed by atoms with E-state index in [1.165, 1.54) is 27.4 Å². The van der Waals surface area contributed by atoms with Crippen molar-refractivity contribution in [1.29, 1.82) is 0 Å². The Morgan fingerprint density at radius 2 is 1.70 bits per heavy atom. The van der Waals surface area contributed by atoms with Gasteiger partial charge in [-0.3, -0.25) is 9.10 Å². The second-order valence-electron chi connectivity index (χ2n) is 8.21. The number of anilines is 2. The summed E-state index contributed by atoms with van der Waals surface area (Å²) in [6, 6.07) is 15.2. The van der Waals surface area contributed by atoms with Crippen LogP contribution in [0.3, 0.4) is 0 Å². The molecule has 0 aromatic heterocycles. The monoisotopic (exact) mass is 442 g/mol. The van der Waals surface area contributed by atoms with Crippen LogP contribution < -0.4 is 9.80 Å². The van der Waals surface area contributed by atoms with Gasteiger partial charge in [0.1, 0.15) is 11.9 Å². The summed E-state index contributed by atoms with van der Waals surface area (Å²) in [5.74, 6) is 1.59. The summed E-state index contributed by atoms with van der Waals surface area (Å²) >= 11 is 3.49. The summed E-state index contributed by atoms with van der Waals surface area (Å²) in [5, 5.41) is 0. The fourth-order valence-corrected chi connectivity index (χ4v) is 5.32. The number of nitrogens with zero attached hydrogens (tertiary/aromatic N) is 4. The Hall–Kier alpha value is -2.12. The van der Waals surface area contributed by atoms with Gasteiger partial charge in [0.2, 0.25) is 0 Å². The molecule has 0 N–H and O–H groups in total. The summed E-state index contributed by atoms with van der Waals surface area (Å²) < 4.78 is 1.97. The van der Waals surface area contributed by atoms with Gasteiger partial charge < -0.3 is 9.80 Å². The van der Waals surface area contributed by atoms with Crippen LogP contribution in [0.4, 0.5) is 11.4 Å². The third kappa shape index (κ3) is 4.95. The molecule has 1 heterocycles. The minimum atomic E-state index is -0.595. The second kappa shape index (κ2) is 9.35. The van der Waals surface area contributed by atoms with E-state index in [4.69, 9.17) is 0 Å². The van der Waals surface area contributed by atoms with Crippen molar-refractivity contribution in [2.75, 3.05) is 38.0 Å². The van der Waals surface area contributed by atoms with Crippen LogP contribution in [-0.4, -0.2) is 50.3 Å². The van der Waals surface area contributed by atoms with E-state index in [0.717, 1.165) is 11.5 Å². The Labute approximate surface area is 188 Å². The number of benzene rings is 2. The summed E-state index contributed by atoms with van der Waals surface area (Å²) in [7, 11) is 8.28.